The van der Waals surface area contributed by atoms with Gasteiger partial charge in [0.2, 0.25) is 0 Å². The highest BCUT2D eigenvalue weighted by Gasteiger charge is 2.10. The fourth-order valence-electron chi connectivity index (χ4n) is 1.06. The maximum Gasteiger partial charge on any atom is 0.321 e. The molecule has 0 radical (unpaired) electrons. The Kier molecular flexibility index (Phi) is 4.42. The summed E-state index contributed by atoms with van der Waals surface area (Å²) in [6.45, 7) is 2.83. The first-order chi connectivity index (χ1) is 6.77. The van der Waals surface area contributed by atoms with Gasteiger partial charge in [-0.05, 0) is 18.4 Å². The average Bonchev–Trinajstić information content (AvgIpc) is 2.66. The van der Waals surface area contributed by atoms with Crippen molar-refractivity contribution >= 4 is 23.1 Å². The van der Waals surface area contributed by atoms with Crippen LogP contribution < -0.4 is 5.32 Å². The molecule has 0 spiro atoms. The molecule has 4 nitrogen and oxygen atoms in total. The molecule has 1 aromatic heterocycles. The minimum atomic E-state index is -0.167. The predicted octanol–water partition coefficient (Wildman–Crippen LogP) is 1.59. The molecule has 0 saturated carbocycles. The first kappa shape index (κ1) is 11.0. The van der Waals surface area contributed by atoms with E-state index in [9.17, 15) is 4.79 Å². The molecule has 14 heavy (non-hydrogen) atoms. The number of hydrogen-bond acceptors (Lipinski definition) is 3. The third-order valence-electron chi connectivity index (χ3n) is 1.81. The van der Waals surface area contributed by atoms with Crippen LogP contribution in [-0.2, 0) is 0 Å². The number of carbonyl (C=O) groups excluding carboxylic acids is 1. The Bertz CT molecular complexity index is 274. The highest BCUT2D eigenvalue weighted by molar-refractivity contribution is 7.08. The third kappa shape index (κ3) is 3.01. The summed E-state index contributed by atoms with van der Waals surface area (Å²) < 4.78 is 0. The van der Waals surface area contributed by atoms with Gasteiger partial charge < -0.3 is 15.3 Å². The Morgan fingerprint density at radius 3 is 3.00 bits per heavy atom. The van der Waals surface area contributed by atoms with Crippen LogP contribution in [0, 0.1) is 0 Å². The number of aliphatic hydroxyl groups is 1. The number of nitrogens with zero attached hydrogens (tertiary/aromatic N) is 1. The molecule has 1 aromatic rings. The smallest absolute Gasteiger partial charge is 0.321 e. The second-order valence-electron chi connectivity index (χ2n) is 2.75. The van der Waals surface area contributed by atoms with Gasteiger partial charge in [0, 0.05) is 18.5 Å². The molecule has 5 heteroatoms. The summed E-state index contributed by atoms with van der Waals surface area (Å²) in [7, 11) is 0. The van der Waals surface area contributed by atoms with E-state index in [1.54, 1.807) is 4.90 Å². The topological polar surface area (TPSA) is 52.6 Å². The van der Waals surface area contributed by atoms with Gasteiger partial charge in [-0.25, -0.2) is 4.79 Å². The number of hydrogen-bond donors (Lipinski definition) is 2. The normalized spacial score (nSPS) is 9.86. The lowest BCUT2D eigenvalue weighted by molar-refractivity contribution is 0.192. The summed E-state index contributed by atoms with van der Waals surface area (Å²) >= 11 is 1.53. The number of thiophene rings is 1. The molecule has 0 aromatic carbocycles. The number of nitrogens with one attached hydrogen (secondary N) is 1. The highest BCUT2D eigenvalue weighted by Crippen LogP contribution is 2.12. The zero-order valence-electron chi connectivity index (χ0n) is 8.06. The third-order valence-corrected chi connectivity index (χ3v) is 2.49. The van der Waals surface area contributed by atoms with E-state index in [4.69, 9.17) is 5.11 Å². The zero-order chi connectivity index (χ0) is 10.4. The summed E-state index contributed by atoms with van der Waals surface area (Å²) in [5.74, 6) is 0. The van der Waals surface area contributed by atoms with Gasteiger partial charge in [0.25, 0.3) is 0 Å². The van der Waals surface area contributed by atoms with Crippen LogP contribution in [0.15, 0.2) is 16.8 Å². The number of likely N-dealkylation sites (N-methyl/N-ethyl adjacent to an activating group) is 1. The molecule has 0 atom stereocenters. The van der Waals surface area contributed by atoms with E-state index in [0.717, 1.165) is 5.69 Å². The van der Waals surface area contributed by atoms with Gasteiger partial charge in [0.15, 0.2) is 0 Å². The Balaban J connectivity index is 2.47. The maximum absolute atomic E-state index is 11.5. The fourth-order valence-corrected chi connectivity index (χ4v) is 1.65. The number of amides is 2. The minimum Gasteiger partial charge on any atom is -0.395 e. The van der Waals surface area contributed by atoms with E-state index >= 15 is 0 Å². The first-order valence-electron chi connectivity index (χ1n) is 4.47. The molecule has 78 valence electrons. The predicted molar refractivity (Wildman–Crippen MR) is 57.7 cm³/mol. The van der Waals surface area contributed by atoms with Crippen molar-refractivity contribution in [3.63, 3.8) is 0 Å². The molecule has 1 rings (SSSR count). The SMILES string of the molecule is CCN(CCO)C(=O)Nc1ccsc1. The molecule has 0 aliphatic heterocycles. The number of urea groups is 1. The van der Waals surface area contributed by atoms with Gasteiger partial charge in [-0.1, -0.05) is 0 Å². The second kappa shape index (κ2) is 5.62. The Morgan fingerprint density at radius 1 is 1.71 bits per heavy atom. The van der Waals surface area contributed by atoms with Crippen LogP contribution in [0.3, 0.4) is 0 Å². The van der Waals surface area contributed by atoms with Crippen LogP contribution in [0.4, 0.5) is 10.5 Å². The number of aliphatic hydroxyl groups excluding tert-OH is 1. The Morgan fingerprint density at radius 2 is 2.50 bits per heavy atom. The molecule has 0 aliphatic carbocycles. The van der Waals surface area contributed by atoms with Crippen molar-refractivity contribution in [3.05, 3.63) is 16.8 Å². The van der Waals surface area contributed by atoms with E-state index in [2.05, 4.69) is 5.32 Å². The quantitative estimate of drug-likeness (QED) is 0.799. The Hall–Kier alpha value is -1.07. The van der Waals surface area contributed by atoms with Gasteiger partial charge in [-0.2, -0.15) is 11.3 Å². The molecule has 0 unspecified atom stereocenters. The molecule has 0 saturated heterocycles. The Labute approximate surface area is 87.2 Å². The number of carbonyl (C=O) groups is 1. The van der Waals surface area contributed by atoms with Crippen LogP contribution in [0.25, 0.3) is 0 Å². The van der Waals surface area contributed by atoms with Gasteiger partial charge >= 0.3 is 6.03 Å². The van der Waals surface area contributed by atoms with Crippen LogP contribution in [-0.4, -0.2) is 35.7 Å². The van der Waals surface area contributed by atoms with Crippen molar-refractivity contribution in [2.45, 2.75) is 6.92 Å². The van der Waals surface area contributed by atoms with Crippen LogP contribution in [0.5, 0.6) is 0 Å². The summed E-state index contributed by atoms with van der Waals surface area (Å²) in [6, 6.07) is 1.68. The zero-order valence-corrected chi connectivity index (χ0v) is 8.88. The van der Waals surface area contributed by atoms with Gasteiger partial charge in [0.1, 0.15) is 0 Å². The lowest BCUT2D eigenvalue weighted by Crippen LogP contribution is -2.36. The van der Waals surface area contributed by atoms with Crippen LogP contribution >= 0.6 is 11.3 Å². The van der Waals surface area contributed by atoms with Crippen LogP contribution in [0.2, 0.25) is 0 Å². The second-order valence-corrected chi connectivity index (χ2v) is 3.53. The van der Waals surface area contributed by atoms with Crippen molar-refractivity contribution < 1.29 is 9.90 Å². The summed E-state index contributed by atoms with van der Waals surface area (Å²) in [5, 5.41) is 15.2. The van der Waals surface area contributed by atoms with Gasteiger partial charge in [-0.15, -0.1) is 0 Å². The summed E-state index contributed by atoms with van der Waals surface area (Å²) in [5.41, 5.74) is 0.802. The van der Waals surface area contributed by atoms with Crippen molar-refractivity contribution in [1.29, 1.82) is 0 Å². The number of anilines is 1. The van der Waals surface area contributed by atoms with E-state index in [1.165, 1.54) is 11.3 Å². The average molecular weight is 214 g/mol. The molecule has 2 N–H and O–H groups in total. The van der Waals surface area contributed by atoms with Gasteiger partial charge in [-0.3, -0.25) is 0 Å². The van der Waals surface area contributed by atoms with E-state index in [-0.39, 0.29) is 12.6 Å². The number of rotatable bonds is 4. The van der Waals surface area contributed by atoms with Crippen molar-refractivity contribution in [2.24, 2.45) is 0 Å². The molecule has 0 aliphatic rings. The molecule has 1 heterocycles. The fraction of sp³-hybridized carbons (Fsp3) is 0.444. The summed E-state index contributed by atoms with van der Waals surface area (Å²) in [4.78, 5) is 13.1. The van der Waals surface area contributed by atoms with E-state index in [0.29, 0.717) is 13.1 Å². The monoisotopic (exact) mass is 214 g/mol. The highest BCUT2D eigenvalue weighted by atomic mass is 32.1. The van der Waals surface area contributed by atoms with Crippen molar-refractivity contribution in [3.8, 4) is 0 Å². The molecule has 0 fully saturated rings. The van der Waals surface area contributed by atoms with E-state index in [1.807, 2.05) is 23.8 Å². The van der Waals surface area contributed by atoms with E-state index < -0.39 is 0 Å². The summed E-state index contributed by atoms with van der Waals surface area (Å²) in [6.07, 6.45) is 0. The largest absolute Gasteiger partial charge is 0.395 e. The van der Waals surface area contributed by atoms with Gasteiger partial charge in [0.05, 0.1) is 12.3 Å². The molecule has 2 amide bonds. The lowest BCUT2D eigenvalue weighted by atomic mass is 10.5. The maximum atomic E-state index is 11.5. The van der Waals surface area contributed by atoms with Crippen molar-refractivity contribution in [2.75, 3.05) is 25.0 Å². The minimum absolute atomic E-state index is 0.00903. The molecular formula is C9H14N2O2S. The molecule has 0 bridgehead atoms. The van der Waals surface area contributed by atoms with Crippen molar-refractivity contribution in [1.82, 2.24) is 4.90 Å². The lowest BCUT2D eigenvalue weighted by Gasteiger charge is -2.19. The molecular weight excluding hydrogens is 200 g/mol. The standard InChI is InChI=1S/C9H14N2O2S/c1-2-11(4-5-12)9(13)10-8-3-6-14-7-8/h3,6-7,12H,2,4-5H2,1H3,(H,10,13). The van der Waals surface area contributed by atoms with Crippen LogP contribution in [0.1, 0.15) is 6.92 Å². The first-order valence-corrected chi connectivity index (χ1v) is 5.41.